The van der Waals surface area contributed by atoms with Gasteiger partial charge in [-0.1, -0.05) is 37.8 Å². The van der Waals surface area contributed by atoms with Crippen molar-refractivity contribution < 1.29 is 9.59 Å². The molecule has 0 atom stereocenters. The second-order valence-electron chi connectivity index (χ2n) is 8.61. The normalized spacial score (nSPS) is 18.7. The Labute approximate surface area is 163 Å². The molecule has 0 radical (unpaired) electrons. The summed E-state index contributed by atoms with van der Waals surface area (Å²) < 4.78 is 0. The highest BCUT2D eigenvalue weighted by molar-refractivity contribution is 5.93. The van der Waals surface area contributed by atoms with E-state index in [1.165, 1.54) is 31.2 Å². The Morgan fingerprint density at radius 1 is 0.963 bits per heavy atom. The maximum Gasteiger partial charge on any atom is 0.253 e. The fourth-order valence-electron chi connectivity index (χ4n) is 4.55. The van der Waals surface area contributed by atoms with Crippen molar-refractivity contribution in [1.82, 2.24) is 9.80 Å². The highest BCUT2D eigenvalue weighted by Gasteiger charge is 2.24. The molecule has 2 amide bonds. The molecule has 0 unspecified atom stereocenters. The number of likely N-dealkylation sites (tertiary alicyclic amines) is 1. The van der Waals surface area contributed by atoms with Gasteiger partial charge >= 0.3 is 0 Å². The second-order valence-corrected chi connectivity index (χ2v) is 8.61. The van der Waals surface area contributed by atoms with Gasteiger partial charge in [-0.05, 0) is 55.2 Å². The van der Waals surface area contributed by atoms with Gasteiger partial charge < -0.3 is 9.80 Å². The first-order valence-corrected chi connectivity index (χ1v) is 10.6. The number of piperidine rings is 1. The standard InChI is InChI=1S/C23H34N2O2/c1-24(2)23(27)21-10-7-19(8-11-21)17-20-13-15-25(16-14-20)22(26)12-9-18-5-3-4-6-18/h7-8,10-11,18,20H,3-6,9,12-17H2,1-2H3. The van der Waals surface area contributed by atoms with Crippen molar-refractivity contribution in [3.63, 3.8) is 0 Å². The summed E-state index contributed by atoms with van der Waals surface area (Å²) in [5.74, 6) is 1.85. The fraction of sp³-hybridized carbons (Fsp3) is 0.652. The lowest BCUT2D eigenvalue weighted by molar-refractivity contribution is -0.132. The van der Waals surface area contributed by atoms with Gasteiger partial charge in [-0.2, -0.15) is 0 Å². The van der Waals surface area contributed by atoms with Gasteiger partial charge in [0.05, 0.1) is 0 Å². The Morgan fingerprint density at radius 3 is 2.19 bits per heavy atom. The molecule has 4 heteroatoms. The number of amides is 2. The molecule has 0 bridgehead atoms. The minimum atomic E-state index is 0.0472. The summed E-state index contributed by atoms with van der Waals surface area (Å²) in [7, 11) is 3.55. The van der Waals surface area contributed by atoms with Crippen molar-refractivity contribution in [1.29, 1.82) is 0 Å². The van der Waals surface area contributed by atoms with E-state index in [9.17, 15) is 9.59 Å². The van der Waals surface area contributed by atoms with Gasteiger partial charge in [0.2, 0.25) is 5.91 Å². The van der Waals surface area contributed by atoms with E-state index in [0.717, 1.165) is 56.7 Å². The molecular weight excluding hydrogens is 336 g/mol. The van der Waals surface area contributed by atoms with E-state index in [1.807, 2.05) is 12.1 Å². The second kappa shape index (κ2) is 9.38. The van der Waals surface area contributed by atoms with Crippen LogP contribution in [0.3, 0.4) is 0 Å². The number of benzene rings is 1. The monoisotopic (exact) mass is 370 g/mol. The molecule has 1 aromatic carbocycles. The number of nitrogens with zero attached hydrogens (tertiary/aromatic N) is 2. The number of rotatable bonds is 6. The highest BCUT2D eigenvalue weighted by Crippen LogP contribution is 2.29. The van der Waals surface area contributed by atoms with Gasteiger partial charge in [0, 0.05) is 39.2 Å². The van der Waals surface area contributed by atoms with Crippen LogP contribution in [0.4, 0.5) is 0 Å². The zero-order chi connectivity index (χ0) is 19.2. The Kier molecular flexibility index (Phi) is 6.92. The molecule has 1 aliphatic heterocycles. The number of carbonyl (C=O) groups is 2. The van der Waals surface area contributed by atoms with E-state index in [4.69, 9.17) is 0 Å². The number of hydrogen-bond donors (Lipinski definition) is 0. The molecule has 0 aromatic heterocycles. The summed E-state index contributed by atoms with van der Waals surface area (Å²) >= 11 is 0. The molecule has 1 heterocycles. The van der Waals surface area contributed by atoms with Crippen LogP contribution in [0.25, 0.3) is 0 Å². The molecule has 2 aliphatic rings. The van der Waals surface area contributed by atoms with E-state index in [-0.39, 0.29) is 5.91 Å². The third-order valence-electron chi connectivity index (χ3n) is 6.34. The van der Waals surface area contributed by atoms with E-state index in [0.29, 0.717) is 11.8 Å². The summed E-state index contributed by atoms with van der Waals surface area (Å²) in [5, 5.41) is 0. The molecule has 4 nitrogen and oxygen atoms in total. The molecule has 1 aliphatic carbocycles. The molecule has 0 spiro atoms. The van der Waals surface area contributed by atoms with Gasteiger partial charge in [0.1, 0.15) is 0 Å². The molecule has 27 heavy (non-hydrogen) atoms. The Morgan fingerprint density at radius 2 is 1.59 bits per heavy atom. The van der Waals surface area contributed by atoms with E-state index in [2.05, 4.69) is 17.0 Å². The lowest BCUT2D eigenvalue weighted by Crippen LogP contribution is -2.38. The first-order chi connectivity index (χ1) is 13.0. The van der Waals surface area contributed by atoms with Crippen LogP contribution in [0.1, 0.15) is 67.3 Å². The van der Waals surface area contributed by atoms with Crippen LogP contribution < -0.4 is 0 Å². The zero-order valence-electron chi connectivity index (χ0n) is 17.0. The van der Waals surface area contributed by atoms with Crippen LogP contribution in [0, 0.1) is 11.8 Å². The zero-order valence-corrected chi connectivity index (χ0v) is 17.0. The molecule has 0 N–H and O–H groups in total. The summed E-state index contributed by atoms with van der Waals surface area (Å²) in [4.78, 5) is 28.1. The fourth-order valence-corrected chi connectivity index (χ4v) is 4.55. The van der Waals surface area contributed by atoms with Crippen molar-refractivity contribution in [3.05, 3.63) is 35.4 Å². The van der Waals surface area contributed by atoms with Crippen LogP contribution in [0.2, 0.25) is 0 Å². The van der Waals surface area contributed by atoms with E-state index < -0.39 is 0 Å². The van der Waals surface area contributed by atoms with Crippen molar-refractivity contribution in [3.8, 4) is 0 Å². The van der Waals surface area contributed by atoms with Gasteiger partial charge in [0.25, 0.3) is 5.91 Å². The minimum absolute atomic E-state index is 0.0472. The van der Waals surface area contributed by atoms with Crippen molar-refractivity contribution in [2.75, 3.05) is 27.2 Å². The van der Waals surface area contributed by atoms with Crippen LogP contribution >= 0.6 is 0 Å². The van der Waals surface area contributed by atoms with E-state index >= 15 is 0 Å². The van der Waals surface area contributed by atoms with Crippen LogP contribution in [0.5, 0.6) is 0 Å². The summed E-state index contributed by atoms with van der Waals surface area (Å²) in [5.41, 5.74) is 2.03. The molecule has 2 fully saturated rings. The van der Waals surface area contributed by atoms with Crippen molar-refractivity contribution in [2.24, 2.45) is 11.8 Å². The quantitative estimate of drug-likeness (QED) is 0.755. The molecule has 1 aromatic rings. The largest absolute Gasteiger partial charge is 0.345 e. The first kappa shape index (κ1) is 19.9. The van der Waals surface area contributed by atoms with Crippen LogP contribution in [-0.2, 0) is 11.2 Å². The molecule has 1 saturated carbocycles. The van der Waals surface area contributed by atoms with Crippen LogP contribution in [0.15, 0.2) is 24.3 Å². The van der Waals surface area contributed by atoms with Gasteiger partial charge in [-0.3, -0.25) is 9.59 Å². The van der Waals surface area contributed by atoms with Gasteiger partial charge in [0.15, 0.2) is 0 Å². The molecular formula is C23H34N2O2. The lowest BCUT2D eigenvalue weighted by atomic mass is 9.89. The molecule has 1 saturated heterocycles. The Hall–Kier alpha value is -1.84. The Balaban J connectivity index is 1.41. The average Bonchev–Trinajstić information content (AvgIpc) is 3.20. The highest BCUT2D eigenvalue weighted by atomic mass is 16.2. The topological polar surface area (TPSA) is 40.6 Å². The average molecular weight is 371 g/mol. The van der Waals surface area contributed by atoms with Crippen molar-refractivity contribution in [2.45, 2.75) is 57.8 Å². The number of hydrogen-bond acceptors (Lipinski definition) is 2. The van der Waals surface area contributed by atoms with Gasteiger partial charge in [-0.15, -0.1) is 0 Å². The molecule has 148 valence electrons. The third-order valence-corrected chi connectivity index (χ3v) is 6.34. The predicted octanol–water partition coefficient (Wildman–Crippen LogP) is 4.14. The number of carbonyl (C=O) groups excluding carboxylic acids is 2. The Bertz CT molecular complexity index is 624. The van der Waals surface area contributed by atoms with E-state index in [1.54, 1.807) is 19.0 Å². The maximum atomic E-state index is 12.5. The maximum absolute atomic E-state index is 12.5. The minimum Gasteiger partial charge on any atom is -0.345 e. The smallest absolute Gasteiger partial charge is 0.253 e. The first-order valence-electron chi connectivity index (χ1n) is 10.6. The summed E-state index contributed by atoms with van der Waals surface area (Å²) in [6, 6.07) is 8.02. The van der Waals surface area contributed by atoms with Gasteiger partial charge in [-0.25, -0.2) is 0 Å². The third kappa shape index (κ3) is 5.57. The SMILES string of the molecule is CN(C)C(=O)c1ccc(CC2CCN(C(=O)CCC3CCCC3)CC2)cc1. The molecule has 3 rings (SSSR count). The van der Waals surface area contributed by atoms with Crippen molar-refractivity contribution >= 4 is 11.8 Å². The lowest BCUT2D eigenvalue weighted by Gasteiger charge is -2.32. The van der Waals surface area contributed by atoms with Crippen LogP contribution in [-0.4, -0.2) is 48.8 Å². The summed E-state index contributed by atoms with van der Waals surface area (Å²) in [6.45, 7) is 1.82. The summed E-state index contributed by atoms with van der Waals surface area (Å²) in [6.07, 6.45) is 10.4. The predicted molar refractivity (Wildman–Crippen MR) is 109 cm³/mol.